The van der Waals surface area contributed by atoms with Crippen molar-refractivity contribution in [1.29, 1.82) is 0 Å². The second kappa shape index (κ2) is 9.90. The van der Waals surface area contributed by atoms with Gasteiger partial charge in [0, 0.05) is 38.6 Å². The fraction of sp³-hybridized carbons (Fsp3) is 0.381. The molecule has 30 heavy (non-hydrogen) atoms. The fourth-order valence-electron chi connectivity index (χ4n) is 3.47. The fourth-order valence-corrected chi connectivity index (χ4v) is 3.90. The molecule has 7 nitrogen and oxygen atoms in total. The molecule has 0 bridgehead atoms. The molecule has 0 unspecified atom stereocenters. The van der Waals surface area contributed by atoms with Crippen LogP contribution >= 0.6 is 11.8 Å². The minimum Gasteiger partial charge on any atom is -0.383 e. The van der Waals surface area contributed by atoms with Crippen molar-refractivity contribution in [2.45, 2.75) is 13.0 Å². The maximum Gasteiger partial charge on any atom is 0.268 e. The molecule has 2 heterocycles. The first-order valence-electron chi connectivity index (χ1n) is 9.53. The first-order chi connectivity index (χ1) is 14.5. The van der Waals surface area contributed by atoms with E-state index < -0.39 is 17.3 Å². The van der Waals surface area contributed by atoms with E-state index >= 15 is 0 Å². The molecule has 1 aliphatic heterocycles. The van der Waals surface area contributed by atoms with Crippen LogP contribution in [0.5, 0.6) is 0 Å². The Labute approximate surface area is 178 Å². The Bertz CT molecular complexity index is 991. The minimum absolute atomic E-state index is 0.0128. The zero-order valence-corrected chi connectivity index (χ0v) is 17.8. The van der Waals surface area contributed by atoms with Gasteiger partial charge in [-0.25, -0.2) is 4.39 Å². The van der Waals surface area contributed by atoms with Crippen LogP contribution in [0.1, 0.15) is 21.5 Å². The number of benzene rings is 1. The van der Waals surface area contributed by atoms with Crippen molar-refractivity contribution in [3.8, 4) is 5.69 Å². The highest BCUT2D eigenvalue weighted by Gasteiger charge is 2.28. The van der Waals surface area contributed by atoms with Crippen LogP contribution in [-0.2, 0) is 22.5 Å². The molecular weight excluding hydrogens is 409 g/mol. The van der Waals surface area contributed by atoms with Gasteiger partial charge in [0.1, 0.15) is 11.4 Å². The van der Waals surface area contributed by atoms with Crippen LogP contribution < -0.4 is 10.9 Å². The first-order valence-corrected chi connectivity index (χ1v) is 10.9. The summed E-state index contributed by atoms with van der Waals surface area (Å²) in [6.45, 7) is 1.36. The number of nitrogens with one attached hydrogen (secondary N) is 1. The van der Waals surface area contributed by atoms with Gasteiger partial charge in [0.05, 0.1) is 12.4 Å². The van der Waals surface area contributed by atoms with Crippen molar-refractivity contribution in [1.82, 2.24) is 14.8 Å². The van der Waals surface area contributed by atoms with E-state index in [-0.39, 0.29) is 18.0 Å². The normalized spacial score (nSPS) is 13.1. The molecule has 0 spiro atoms. The highest BCUT2D eigenvalue weighted by Crippen LogP contribution is 2.23. The third-order valence-electron chi connectivity index (χ3n) is 4.94. The molecule has 0 saturated heterocycles. The van der Waals surface area contributed by atoms with E-state index in [1.165, 1.54) is 47.7 Å². The van der Waals surface area contributed by atoms with Crippen molar-refractivity contribution in [3.63, 3.8) is 0 Å². The van der Waals surface area contributed by atoms with Gasteiger partial charge in [0.2, 0.25) is 5.91 Å². The number of fused-ring (bicyclic) bond motifs is 1. The summed E-state index contributed by atoms with van der Waals surface area (Å²) in [6.07, 6.45) is 3.93. The van der Waals surface area contributed by atoms with Crippen LogP contribution in [0.3, 0.4) is 0 Å². The molecular formula is C21H24FN3O4S. The second-order valence-electron chi connectivity index (χ2n) is 6.91. The Morgan fingerprint density at radius 2 is 2.00 bits per heavy atom. The average molecular weight is 434 g/mol. The Kier molecular flexibility index (Phi) is 7.28. The van der Waals surface area contributed by atoms with Gasteiger partial charge in [-0.1, -0.05) is 0 Å². The van der Waals surface area contributed by atoms with Crippen LogP contribution in [0.25, 0.3) is 5.69 Å². The summed E-state index contributed by atoms with van der Waals surface area (Å²) in [5, 5.41) is 2.71. The van der Waals surface area contributed by atoms with E-state index in [4.69, 9.17) is 4.74 Å². The van der Waals surface area contributed by atoms with Crippen LogP contribution in [0.4, 0.5) is 4.39 Å². The number of carbonyl (C=O) groups excluding carboxylic acids is 2. The Morgan fingerprint density at radius 1 is 1.27 bits per heavy atom. The molecule has 1 aromatic carbocycles. The van der Waals surface area contributed by atoms with Crippen molar-refractivity contribution >= 4 is 23.6 Å². The number of pyridine rings is 1. The number of methoxy groups -OCH3 is 1. The van der Waals surface area contributed by atoms with Gasteiger partial charge in [-0.15, -0.1) is 0 Å². The topological polar surface area (TPSA) is 80.6 Å². The predicted molar refractivity (Wildman–Crippen MR) is 114 cm³/mol. The van der Waals surface area contributed by atoms with E-state index in [0.717, 1.165) is 5.56 Å². The second-order valence-corrected chi connectivity index (χ2v) is 7.77. The quantitative estimate of drug-likeness (QED) is 0.671. The largest absolute Gasteiger partial charge is 0.383 e. The lowest BCUT2D eigenvalue weighted by Gasteiger charge is -2.30. The van der Waals surface area contributed by atoms with E-state index in [1.54, 1.807) is 11.1 Å². The molecule has 0 radical (unpaired) electrons. The number of carbonyl (C=O) groups is 2. The van der Waals surface area contributed by atoms with Crippen molar-refractivity contribution < 1.29 is 18.7 Å². The van der Waals surface area contributed by atoms with Crippen LogP contribution in [0.15, 0.2) is 35.3 Å². The molecule has 2 aromatic rings. The number of hydrogen-bond donors (Lipinski definition) is 1. The number of halogens is 1. The maximum atomic E-state index is 13.4. The molecule has 2 amide bonds. The van der Waals surface area contributed by atoms with Gasteiger partial charge in [-0.2, -0.15) is 11.8 Å². The van der Waals surface area contributed by atoms with Gasteiger partial charge < -0.3 is 15.0 Å². The summed E-state index contributed by atoms with van der Waals surface area (Å²) < 4.78 is 19.7. The molecule has 1 N–H and O–H groups in total. The van der Waals surface area contributed by atoms with Gasteiger partial charge >= 0.3 is 0 Å². The standard InChI is InChI=1S/C21H24FN3O4S/c1-29-10-8-23-20(27)19-17-7-9-24(18(26)13-30-2)11-14(17)12-25(21(19)28)16-5-3-15(22)4-6-16/h3-6,12H,7-11,13H2,1-2H3,(H,23,27). The van der Waals surface area contributed by atoms with E-state index in [2.05, 4.69) is 5.32 Å². The van der Waals surface area contributed by atoms with Crippen molar-refractivity contribution in [3.05, 3.63) is 63.3 Å². The van der Waals surface area contributed by atoms with Gasteiger partial charge in [0.25, 0.3) is 11.5 Å². The van der Waals surface area contributed by atoms with Gasteiger partial charge in [-0.05, 0) is 48.1 Å². The molecule has 0 atom stereocenters. The molecule has 0 fully saturated rings. The highest BCUT2D eigenvalue weighted by atomic mass is 32.2. The Balaban J connectivity index is 2.07. The summed E-state index contributed by atoms with van der Waals surface area (Å²) >= 11 is 1.45. The molecule has 160 valence electrons. The summed E-state index contributed by atoms with van der Waals surface area (Å²) in [4.78, 5) is 40.1. The lowest BCUT2D eigenvalue weighted by molar-refractivity contribution is -0.129. The zero-order valence-electron chi connectivity index (χ0n) is 16.9. The zero-order chi connectivity index (χ0) is 21.7. The van der Waals surface area contributed by atoms with Crippen LogP contribution in [0, 0.1) is 5.82 Å². The molecule has 1 aromatic heterocycles. The monoisotopic (exact) mass is 433 g/mol. The molecule has 1 aliphatic rings. The van der Waals surface area contributed by atoms with Crippen molar-refractivity contribution in [2.24, 2.45) is 0 Å². The number of aromatic nitrogens is 1. The summed E-state index contributed by atoms with van der Waals surface area (Å²) in [5.74, 6) is -0.513. The van der Waals surface area contributed by atoms with E-state index in [1.807, 2.05) is 6.26 Å². The lowest BCUT2D eigenvalue weighted by Crippen LogP contribution is -2.42. The number of thioether (sulfide) groups is 1. The third-order valence-corrected chi connectivity index (χ3v) is 5.48. The molecule has 0 aliphatic carbocycles. The molecule has 9 heteroatoms. The number of hydrogen-bond acceptors (Lipinski definition) is 5. The average Bonchev–Trinajstić information content (AvgIpc) is 2.74. The SMILES string of the molecule is COCCNC(=O)c1c2c(cn(-c3ccc(F)cc3)c1=O)CN(C(=O)CSC)CC2. The summed E-state index contributed by atoms with van der Waals surface area (Å²) in [6, 6.07) is 5.48. The predicted octanol–water partition coefficient (Wildman–Crippen LogP) is 1.60. The molecule has 3 rings (SSSR count). The first kappa shape index (κ1) is 22.0. The summed E-state index contributed by atoms with van der Waals surface area (Å²) in [7, 11) is 1.53. The van der Waals surface area contributed by atoms with E-state index in [0.29, 0.717) is 43.1 Å². The molecule has 0 saturated carbocycles. The smallest absolute Gasteiger partial charge is 0.268 e. The minimum atomic E-state index is -0.478. The summed E-state index contributed by atoms with van der Waals surface area (Å²) in [5.41, 5.74) is 1.42. The van der Waals surface area contributed by atoms with Gasteiger partial charge in [-0.3, -0.25) is 19.0 Å². The van der Waals surface area contributed by atoms with Crippen LogP contribution in [0.2, 0.25) is 0 Å². The number of ether oxygens (including phenoxy) is 1. The van der Waals surface area contributed by atoms with Crippen LogP contribution in [-0.4, -0.2) is 60.1 Å². The highest BCUT2D eigenvalue weighted by molar-refractivity contribution is 7.99. The Hall–Kier alpha value is -2.65. The third kappa shape index (κ3) is 4.73. The van der Waals surface area contributed by atoms with Gasteiger partial charge in [0.15, 0.2) is 0 Å². The maximum absolute atomic E-state index is 13.4. The van der Waals surface area contributed by atoms with E-state index in [9.17, 15) is 18.8 Å². The van der Waals surface area contributed by atoms with Crippen molar-refractivity contribution in [2.75, 3.05) is 38.8 Å². The number of nitrogens with zero attached hydrogens (tertiary/aromatic N) is 2. The number of amides is 2. The lowest BCUT2D eigenvalue weighted by atomic mass is 9.95. The Morgan fingerprint density at radius 3 is 2.67 bits per heavy atom. The number of rotatable bonds is 7.